The number of halogens is 2. The van der Waals surface area contributed by atoms with Gasteiger partial charge in [-0.25, -0.2) is 8.78 Å². The standard InChI is InChI=1S/C14H18F2N2O2/c15-10-5-9(12(17)6-11(10)16)14(20)18-7-8-3-1-2-4-13(8)19/h5-6,8,13,19H,1-4,7,17H2,(H,18,20). The van der Waals surface area contributed by atoms with Crippen LogP contribution in [0.3, 0.4) is 0 Å². The van der Waals surface area contributed by atoms with E-state index in [1.54, 1.807) is 0 Å². The van der Waals surface area contributed by atoms with E-state index in [0.717, 1.165) is 37.8 Å². The molecule has 1 amide bonds. The van der Waals surface area contributed by atoms with Crippen molar-refractivity contribution in [1.82, 2.24) is 5.32 Å². The minimum Gasteiger partial charge on any atom is -0.398 e. The molecular formula is C14H18F2N2O2. The van der Waals surface area contributed by atoms with Crippen molar-refractivity contribution < 1.29 is 18.7 Å². The second-order valence-electron chi connectivity index (χ2n) is 5.18. The summed E-state index contributed by atoms with van der Waals surface area (Å²) in [4.78, 5) is 11.9. The molecule has 110 valence electrons. The van der Waals surface area contributed by atoms with Crippen molar-refractivity contribution in [2.24, 2.45) is 5.92 Å². The quantitative estimate of drug-likeness (QED) is 0.741. The van der Waals surface area contributed by atoms with Crippen molar-refractivity contribution in [3.8, 4) is 0 Å². The number of carbonyl (C=O) groups excluding carboxylic acids is 1. The molecule has 0 heterocycles. The molecule has 20 heavy (non-hydrogen) atoms. The second-order valence-corrected chi connectivity index (χ2v) is 5.18. The predicted octanol–water partition coefficient (Wildman–Crippen LogP) is 1.83. The molecule has 0 aromatic heterocycles. The Hall–Kier alpha value is -1.69. The lowest BCUT2D eigenvalue weighted by atomic mass is 9.86. The van der Waals surface area contributed by atoms with Gasteiger partial charge in [-0.3, -0.25) is 4.79 Å². The van der Waals surface area contributed by atoms with Crippen LogP contribution in [-0.2, 0) is 0 Å². The highest BCUT2D eigenvalue weighted by atomic mass is 19.2. The van der Waals surface area contributed by atoms with Gasteiger partial charge in [0.1, 0.15) is 0 Å². The smallest absolute Gasteiger partial charge is 0.253 e. The maximum Gasteiger partial charge on any atom is 0.253 e. The fourth-order valence-corrected chi connectivity index (χ4v) is 2.50. The van der Waals surface area contributed by atoms with Crippen molar-refractivity contribution in [3.05, 3.63) is 29.3 Å². The Morgan fingerprint density at radius 2 is 1.95 bits per heavy atom. The molecule has 0 spiro atoms. The number of aliphatic hydroxyl groups excluding tert-OH is 1. The summed E-state index contributed by atoms with van der Waals surface area (Å²) in [6.07, 6.45) is 3.15. The first-order chi connectivity index (χ1) is 9.49. The number of carbonyl (C=O) groups is 1. The molecule has 1 fully saturated rings. The number of anilines is 1. The van der Waals surface area contributed by atoms with E-state index in [1.807, 2.05) is 0 Å². The Kier molecular flexibility index (Phi) is 4.54. The van der Waals surface area contributed by atoms with Crippen molar-refractivity contribution in [2.45, 2.75) is 31.8 Å². The number of amides is 1. The maximum atomic E-state index is 13.1. The van der Waals surface area contributed by atoms with Crippen molar-refractivity contribution in [2.75, 3.05) is 12.3 Å². The van der Waals surface area contributed by atoms with E-state index < -0.39 is 23.6 Å². The zero-order valence-corrected chi connectivity index (χ0v) is 11.0. The molecule has 0 radical (unpaired) electrons. The average Bonchev–Trinajstić information content (AvgIpc) is 2.41. The van der Waals surface area contributed by atoms with Crippen LogP contribution in [0.4, 0.5) is 14.5 Å². The van der Waals surface area contributed by atoms with Crippen LogP contribution in [0.25, 0.3) is 0 Å². The fourth-order valence-electron chi connectivity index (χ4n) is 2.50. The van der Waals surface area contributed by atoms with Gasteiger partial charge in [-0.05, 0) is 18.9 Å². The van der Waals surface area contributed by atoms with Crippen LogP contribution in [0.15, 0.2) is 12.1 Å². The maximum absolute atomic E-state index is 13.1. The Balaban J connectivity index is 2.00. The lowest BCUT2D eigenvalue weighted by Crippen LogP contribution is -2.37. The van der Waals surface area contributed by atoms with Crippen LogP contribution in [0.5, 0.6) is 0 Å². The number of rotatable bonds is 3. The molecule has 1 aromatic carbocycles. The molecule has 1 aliphatic carbocycles. The molecule has 1 aliphatic rings. The van der Waals surface area contributed by atoms with Crippen LogP contribution < -0.4 is 11.1 Å². The van der Waals surface area contributed by atoms with E-state index in [-0.39, 0.29) is 17.2 Å². The summed E-state index contributed by atoms with van der Waals surface area (Å²) in [6, 6.07) is 1.58. The van der Waals surface area contributed by atoms with Crippen LogP contribution in [0, 0.1) is 17.6 Å². The number of hydrogen-bond donors (Lipinski definition) is 3. The summed E-state index contributed by atoms with van der Waals surface area (Å²) < 4.78 is 26.1. The molecule has 0 saturated heterocycles. The molecule has 2 unspecified atom stereocenters. The summed E-state index contributed by atoms with van der Waals surface area (Å²) in [6.45, 7) is 0.304. The largest absolute Gasteiger partial charge is 0.398 e. The molecule has 1 saturated carbocycles. The topological polar surface area (TPSA) is 75.4 Å². The van der Waals surface area contributed by atoms with Gasteiger partial charge in [0.15, 0.2) is 11.6 Å². The Labute approximate surface area is 116 Å². The van der Waals surface area contributed by atoms with E-state index in [1.165, 1.54) is 0 Å². The van der Waals surface area contributed by atoms with E-state index >= 15 is 0 Å². The zero-order valence-electron chi connectivity index (χ0n) is 11.0. The Morgan fingerprint density at radius 1 is 1.30 bits per heavy atom. The molecule has 2 rings (SSSR count). The monoisotopic (exact) mass is 284 g/mol. The molecule has 4 nitrogen and oxygen atoms in total. The van der Waals surface area contributed by atoms with Crippen LogP contribution in [-0.4, -0.2) is 23.7 Å². The van der Waals surface area contributed by atoms with Gasteiger partial charge in [0, 0.05) is 24.2 Å². The molecule has 4 N–H and O–H groups in total. The van der Waals surface area contributed by atoms with Crippen LogP contribution in [0.2, 0.25) is 0 Å². The van der Waals surface area contributed by atoms with Gasteiger partial charge in [0.05, 0.1) is 11.7 Å². The minimum absolute atomic E-state index is 0.000722. The summed E-state index contributed by atoms with van der Waals surface area (Å²) in [5.41, 5.74) is 5.32. The van der Waals surface area contributed by atoms with E-state index in [2.05, 4.69) is 5.32 Å². The lowest BCUT2D eigenvalue weighted by molar-refractivity contribution is 0.0663. The van der Waals surface area contributed by atoms with Gasteiger partial charge in [-0.2, -0.15) is 0 Å². The number of nitrogen functional groups attached to an aromatic ring is 1. The van der Waals surface area contributed by atoms with Crippen LogP contribution >= 0.6 is 0 Å². The number of hydrogen-bond acceptors (Lipinski definition) is 3. The number of benzene rings is 1. The first-order valence-electron chi connectivity index (χ1n) is 6.70. The first kappa shape index (κ1) is 14.7. The summed E-state index contributed by atoms with van der Waals surface area (Å²) in [7, 11) is 0. The summed E-state index contributed by atoms with van der Waals surface area (Å²) >= 11 is 0. The highest BCUT2D eigenvalue weighted by Gasteiger charge is 2.24. The zero-order chi connectivity index (χ0) is 14.7. The number of aliphatic hydroxyl groups is 1. The highest BCUT2D eigenvalue weighted by Crippen LogP contribution is 2.24. The Morgan fingerprint density at radius 3 is 2.65 bits per heavy atom. The van der Waals surface area contributed by atoms with Gasteiger partial charge in [0.25, 0.3) is 5.91 Å². The average molecular weight is 284 g/mol. The summed E-state index contributed by atoms with van der Waals surface area (Å²) in [5.74, 6) is -2.75. The van der Waals surface area contributed by atoms with Gasteiger partial charge in [-0.15, -0.1) is 0 Å². The highest BCUT2D eigenvalue weighted by molar-refractivity contribution is 5.99. The fraction of sp³-hybridized carbons (Fsp3) is 0.500. The first-order valence-corrected chi connectivity index (χ1v) is 6.70. The Bertz CT molecular complexity index is 508. The second kappa shape index (κ2) is 6.17. The third kappa shape index (κ3) is 3.25. The SMILES string of the molecule is Nc1cc(F)c(F)cc1C(=O)NCC1CCCCC1O. The van der Waals surface area contributed by atoms with Crippen molar-refractivity contribution >= 4 is 11.6 Å². The van der Waals surface area contributed by atoms with Gasteiger partial charge in [-0.1, -0.05) is 12.8 Å². The van der Waals surface area contributed by atoms with Gasteiger partial charge >= 0.3 is 0 Å². The molecule has 2 atom stereocenters. The third-order valence-electron chi connectivity index (χ3n) is 3.73. The van der Waals surface area contributed by atoms with Crippen molar-refractivity contribution in [1.29, 1.82) is 0 Å². The van der Waals surface area contributed by atoms with E-state index in [0.29, 0.717) is 6.54 Å². The van der Waals surface area contributed by atoms with Gasteiger partial charge < -0.3 is 16.2 Å². The number of nitrogens with two attached hydrogens (primary N) is 1. The van der Waals surface area contributed by atoms with Gasteiger partial charge in [0.2, 0.25) is 0 Å². The molecule has 1 aromatic rings. The van der Waals surface area contributed by atoms with Crippen molar-refractivity contribution in [3.63, 3.8) is 0 Å². The summed E-state index contributed by atoms with van der Waals surface area (Å²) in [5, 5.41) is 12.4. The third-order valence-corrected chi connectivity index (χ3v) is 3.73. The van der Waals surface area contributed by atoms with E-state index in [4.69, 9.17) is 5.73 Å². The molecular weight excluding hydrogens is 266 g/mol. The van der Waals surface area contributed by atoms with E-state index in [9.17, 15) is 18.7 Å². The number of nitrogens with one attached hydrogen (secondary N) is 1. The molecule has 0 aliphatic heterocycles. The molecule has 0 bridgehead atoms. The lowest BCUT2D eigenvalue weighted by Gasteiger charge is -2.27. The molecule has 6 heteroatoms. The normalized spacial score (nSPS) is 22.6. The predicted molar refractivity (Wildman–Crippen MR) is 71.1 cm³/mol. The minimum atomic E-state index is -1.11. The van der Waals surface area contributed by atoms with Crippen LogP contribution in [0.1, 0.15) is 36.0 Å².